The van der Waals surface area contributed by atoms with E-state index in [9.17, 15) is 13.2 Å². The number of para-hydroxylation sites is 1. The van der Waals surface area contributed by atoms with Crippen LogP contribution in [0.15, 0.2) is 60.7 Å². The minimum absolute atomic E-state index is 0.00239. The minimum Gasteiger partial charge on any atom is -0.341 e. The molecule has 3 aromatic carbocycles. The Bertz CT molecular complexity index is 1610. The smallest absolute Gasteiger partial charge is 0.253 e. The Kier molecular flexibility index (Phi) is 9.72. The summed E-state index contributed by atoms with van der Waals surface area (Å²) in [5.41, 5.74) is 5.73. The van der Waals surface area contributed by atoms with Gasteiger partial charge in [-0.1, -0.05) is 64.7 Å². The van der Waals surface area contributed by atoms with Gasteiger partial charge in [0.2, 0.25) is 10.0 Å². The second-order valence-electron chi connectivity index (χ2n) is 13.0. The van der Waals surface area contributed by atoms with E-state index >= 15 is 0 Å². The van der Waals surface area contributed by atoms with Crippen molar-refractivity contribution in [3.63, 3.8) is 0 Å². The fourth-order valence-corrected chi connectivity index (χ4v) is 8.57. The third kappa shape index (κ3) is 6.67. The van der Waals surface area contributed by atoms with E-state index in [0.29, 0.717) is 28.7 Å². The van der Waals surface area contributed by atoms with E-state index in [2.05, 4.69) is 17.0 Å². The summed E-state index contributed by atoms with van der Waals surface area (Å²) in [4.78, 5) is 17.7. The molecule has 9 heteroatoms. The first kappa shape index (κ1) is 32.8. The molecule has 1 fully saturated rings. The lowest BCUT2D eigenvalue weighted by molar-refractivity contribution is 0.0780. The number of likely N-dealkylation sites (tertiary alicyclic amines) is 1. The average Bonchev–Trinajstić information content (AvgIpc) is 3.31. The van der Waals surface area contributed by atoms with Gasteiger partial charge in [0.05, 0.1) is 21.0 Å². The van der Waals surface area contributed by atoms with Crippen LogP contribution in [0.3, 0.4) is 0 Å². The molecule has 44 heavy (non-hydrogen) atoms. The zero-order valence-corrected chi connectivity index (χ0v) is 28.6. The van der Waals surface area contributed by atoms with Crippen molar-refractivity contribution in [3.8, 4) is 0 Å². The number of hydrogen-bond donors (Lipinski definition) is 0. The van der Waals surface area contributed by atoms with Crippen LogP contribution in [0, 0.1) is 13.8 Å². The second-order valence-corrected chi connectivity index (χ2v) is 16.2. The van der Waals surface area contributed by atoms with E-state index in [0.717, 1.165) is 66.8 Å². The number of benzene rings is 3. The summed E-state index contributed by atoms with van der Waals surface area (Å²) in [5.74, 6) is 0.0713. The van der Waals surface area contributed by atoms with E-state index in [1.807, 2.05) is 74.3 Å². The van der Waals surface area contributed by atoms with Crippen molar-refractivity contribution in [2.45, 2.75) is 63.5 Å². The largest absolute Gasteiger partial charge is 0.341 e. The summed E-state index contributed by atoms with van der Waals surface area (Å²) in [6.07, 6.45) is 2.65. The van der Waals surface area contributed by atoms with Gasteiger partial charge in [-0.25, -0.2) is 8.42 Å². The lowest BCUT2D eigenvalue weighted by Gasteiger charge is -2.40. The number of fused-ring (bicyclic) bond motifs is 2. The minimum atomic E-state index is -3.41. The summed E-state index contributed by atoms with van der Waals surface area (Å²) >= 11 is 12.7. The number of amides is 1. The quantitative estimate of drug-likeness (QED) is 0.240. The standard InChI is InChI=1S/C35H43Cl2N3O3S/c1-24(2)44(42,43)40-23-35(30-8-6-7-9-33(30)40)13-16-39(17-14-35)15-12-28(27-10-11-31(36)32(37)21-27)22-38(5)34(41)29-19-25(3)18-26(4)20-29/h6-11,18-21,24,28H,12-17,22-23H2,1-5H3/t28-/m1/s1. The molecule has 1 amide bonds. The van der Waals surface area contributed by atoms with Crippen molar-refractivity contribution in [1.29, 1.82) is 0 Å². The highest BCUT2D eigenvalue weighted by Gasteiger charge is 2.48. The van der Waals surface area contributed by atoms with Crippen LogP contribution >= 0.6 is 23.2 Å². The Labute approximate surface area is 273 Å². The van der Waals surface area contributed by atoms with Gasteiger partial charge < -0.3 is 9.80 Å². The molecule has 0 N–H and O–H groups in total. The van der Waals surface area contributed by atoms with E-state index in [-0.39, 0.29) is 17.2 Å². The third-order valence-corrected chi connectivity index (χ3v) is 12.3. The van der Waals surface area contributed by atoms with Crippen LogP contribution in [0.5, 0.6) is 0 Å². The normalized spacial score (nSPS) is 17.2. The molecule has 0 radical (unpaired) electrons. The maximum absolute atomic E-state index is 13.4. The number of piperidine rings is 1. The van der Waals surface area contributed by atoms with Crippen molar-refractivity contribution < 1.29 is 13.2 Å². The SMILES string of the molecule is Cc1cc(C)cc(C(=O)N(C)C[C@@H](CCN2CCC3(CC2)CN(S(=O)(=O)C(C)C)c2ccccc23)c2ccc(Cl)c(Cl)c2)c1. The van der Waals surface area contributed by atoms with E-state index in [1.54, 1.807) is 18.2 Å². The number of aryl methyl sites for hydroxylation is 2. The molecule has 6 nitrogen and oxygen atoms in total. The first-order valence-electron chi connectivity index (χ1n) is 15.4. The molecule has 0 aromatic heterocycles. The van der Waals surface area contributed by atoms with Gasteiger partial charge in [-0.2, -0.15) is 0 Å². The van der Waals surface area contributed by atoms with Crippen molar-refractivity contribution >= 4 is 44.8 Å². The molecule has 0 saturated carbocycles. The predicted molar refractivity (Wildman–Crippen MR) is 182 cm³/mol. The van der Waals surface area contributed by atoms with Gasteiger partial charge in [-0.05, 0) is 108 Å². The Morgan fingerprint density at radius 1 is 0.955 bits per heavy atom. The lowest BCUT2D eigenvalue weighted by Crippen LogP contribution is -2.47. The lowest BCUT2D eigenvalue weighted by atomic mass is 9.74. The maximum atomic E-state index is 13.4. The van der Waals surface area contributed by atoms with E-state index < -0.39 is 15.3 Å². The van der Waals surface area contributed by atoms with Crippen molar-refractivity contribution in [1.82, 2.24) is 9.80 Å². The molecule has 5 rings (SSSR count). The van der Waals surface area contributed by atoms with Gasteiger partial charge in [0.1, 0.15) is 0 Å². The van der Waals surface area contributed by atoms with Gasteiger partial charge >= 0.3 is 0 Å². The van der Waals surface area contributed by atoms with Crippen LogP contribution in [0.25, 0.3) is 0 Å². The summed E-state index contributed by atoms with van der Waals surface area (Å²) in [6.45, 7) is 11.2. The highest BCUT2D eigenvalue weighted by molar-refractivity contribution is 7.93. The second kappa shape index (κ2) is 13.0. The molecule has 236 valence electrons. The number of sulfonamides is 1. The Morgan fingerprint density at radius 3 is 2.25 bits per heavy atom. The first-order chi connectivity index (χ1) is 20.8. The number of hydrogen-bond acceptors (Lipinski definition) is 4. The first-order valence-corrected chi connectivity index (χ1v) is 17.7. The van der Waals surface area contributed by atoms with Crippen molar-refractivity contribution in [2.24, 2.45) is 0 Å². The van der Waals surface area contributed by atoms with Crippen LogP contribution in [-0.4, -0.2) is 69.1 Å². The number of halogens is 2. The number of likely N-dealkylation sites (N-methyl/N-ethyl adjacent to an activating group) is 1. The van der Waals surface area contributed by atoms with E-state index in [1.165, 1.54) is 0 Å². The average molecular weight is 657 g/mol. The van der Waals surface area contributed by atoms with Gasteiger partial charge in [-0.15, -0.1) is 0 Å². The molecule has 0 aliphatic carbocycles. The molecule has 2 aliphatic heterocycles. The molecule has 0 bridgehead atoms. The van der Waals surface area contributed by atoms with Gasteiger partial charge in [0, 0.05) is 37.0 Å². The Balaban J connectivity index is 1.29. The van der Waals surface area contributed by atoms with Crippen LogP contribution in [-0.2, 0) is 15.4 Å². The van der Waals surface area contributed by atoms with Crippen LogP contribution in [0.4, 0.5) is 5.69 Å². The van der Waals surface area contributed by atoms with Crippen LogP contribution in [0.1, 0.15) is 71.6 Å². The summed E-state index contributed by atoms with van der Waals surface area (Å²) in [7, 11) is -1.55. The Morgan fingerprint density at radius 2 is 1.61 bits per heavy atom. The molecule has 2 aliphatic rings. The number of nitrogens with zero attached hydrogens (tertiary/aromatic N) is 3. The molecule has 3 aromatic rings. The van der Waals surface area contributed by atoms with Gasteiger partial charge in [-0.3, -0.25) is 9.10 Å². The zero-order chi connectivity index (χ0) is 31.8. The third-order valence-electron chi connectivity index (χ3n) is 9.42. The van der Waals surface area contributed by atoms with E-state index in [4.69, 9.17) is 23.2 Å². The summed E-state index contributed by atoms with van der Waals surface area (Å²) in [5, 5.41) is 0.558. The van der Waals surface area contributed by atoms with Crippen LogP contribution < -0.4 is 4.31 Å². The van der Waals surface area contributed by atoms with Crippen molar-refractivity contribution in [2.75, 3.05) is 44.1 Å². The maximum Gasteiger partial charge on any atom is 0.253 e. The zero-order valence-electron chi connectivity index (χ0n) is 26.3. The highest BCUT2D eigenvalue weighted by Crippen LogP contribution is 2.48. The molecule has 1 spiro atoms. The number of carbonyl (C=O) groups excluding carboxylic acids is 1. The molecule has 0 unspecified atom stereocenters. The fraction of sp³-hybridized carbons (Fsp3) is 0.457. The molecule has 1 atom stereocenters. The topological polar surface area (TPSA) is 60.9 Å². The van der Waals surface area contributed by atoms with Crippen LogP contribution in [0.2, 0.25) is 10.0 Å². The monoisotopic (exact) mass is 655 g/mol. The molecule has 2 heterocycles. The molecular weight excluding hydrogens is 613 g/mol. The summed E-state index contributed by atoms with van der Waals surface area (Å²) in [6, 6.07) is 19.7. The fourth-order valence-electron chi connectivity index (χ4n) is 6.90. The predicted octanol–water partition coefficient (Wildman–Crippen LogP) is 7.45. The van der Waals surface area contributed by atoms with Gasteiger partial charge in [0.15, 0.2) is 0 Å². The number of anilines is 1. The Hall–Kier alpha value is -2.58. The molecule has 1 saturated heterocycles. The number of rotatable bonds is 9. The van der Waals surface area contributed by atoms with Crippen molar-refractivity contribution in [3.05, 3.63) is 98.5 Å². The molecular formula is C35H43Cl2N3O3S. The van der Waals surface area contributed by atoms with Gasteiger partial charge in [0.25, 0.3) is 5.91 Å². The summed E-state index contributed by atoms with van der Waals surface area (Å²) < 4.78 is 28.2. The highest BCUT2D eigenvalue weighted by atomic mass is 35.5. The number of carbonyl (C=O) groups is 1.